The summed E-state index contributed by atoms with van der Waals surface area (Å²) in [7, 11) is 0. The number of carbonyl (C=O) groups is 1. The fraction of sp³-hybridized carbons (Fsp3) is 0. The summed E-state index contributed by atoms with van der Waals surface area (Å²) in [5.74, 6) is -0.824. The van der Waals surface area contributed by atoms with Crippen molar-refractivity contribution >= 4 is 29.2 Å². The van der Waals surface area contributed by atoms with Crippen LogP contribution in [0.15, 0.2) is 77.8 Å². The average Bonchev–Trinajstić information content (AvgIpc) is 2.61. The molecule has 0 atom stereocenters. The van der Waals surface area contributed by atoms with Crippen molar-refractivity contribution in [2.75, 3.05) is 11.1 Å². The third kappa shape index (κ3) is 4.29. The Balaban J connectivity index is 1.75. The molecule has 3 aromatic carbocycles. The summed E-state index contributed by atoms with van der Waals surface area (Å²) in [6, 6.07) is 20.0. The van der Waals surface area contributed by atoms with Gasteiger partial charge < -0.3 is 11.1 Å². The van der Waals surface area contributed by atoms with Crippen LogP contribution in [0.25, 0.3) is 0 Å². The van der Waals surface area contributed by atoms with Crippen LogP contribution in [-0.4, -0.2) is 12.1 Å². The molecule has 0 unspecified atom stereocenters. The molecule has 0 radical (unpaired) electrons. The van der Waals surface area contributed by atoms with E-state index >= 15 is 0 Å². The lowest BCUT2D eigenvalue weighted by molar-refractivity contribution is 0.102. The largest absolute Gasteiger partial charge is 0.397 e. The van der Waals surface area contributed by atoms with Gasteiger partial charge in [0, 0.05) is 17.5 Å². The zero-order valence-electron chi connectivity index (χ0n) is 13.3. The molecule has 3 rings (SSSR count). The van der Waals surface area contributed by atoms with Gasteiger partial charge in [-0.05, 0) is 48.0 Å². The number of nitrogens with one attached hydrogen (secondary N) is 1. The number of rotatable bonds is 4. The maximum absolute atomic E-state index is 13.2. The molecule has 4 nitrogen and oxygen atoms in total. The monoisotopic (exact) mass is 333 g/mol. The molecule has 0 aromatic heterocycles. The van der Waals surface area contributed by atoms with Crippen LogP contribution >= 0.6 is 0 Å². The second-order valence-electron chi connectivity index (χ2n) is 5.41. The van der Waals surface area contributed by atoms with Crippen molar-refractivity contribution < 1.29 is 9.18 Å². The molecule has 0 saturated heterocycles. The Kier molecular flexibility index (Phi) is 4.85. The topological polar surface area (TPSA) is 67.5 Å². The number of para-hydroxylation sites is 2. The Bertz CT molecular complexity index is 937. The van der Waals surface area contributed by atoms with E-state index in [0.29, 0.717) is 17.1 Å². The van der Waals surface area contributed by atoms with Gasteiger partial charge in [0.05, 0.1) is 11.4 Å². The first-order valence-electron chi connectivity index (χ1n) is 7.67. The number of halogens is 1. The van der Waals surface area contributed by atoms with E-state index < -0.39 is 5.82 Å². The summed E-state index contributed by atoms with van der Waals surface area (Å²) in [4.78, 5) is 16.5. The third-order valence-corrected chi connectivity index (χ3v) is 3.52. The number of hydrogen-bond acceptors (Lipinski definition) is 3. The molecule has 3 aromatic rings. The van der Waals surface area contributed by atoms with E-state index in [9.17, 15) is 9.18 Å². The summed E-state index contributed by atoms with van der Waals surface area (Å²) < 4.78 is 13.2. The highest BCUT2D eigenvalue weighted by Gasteiger charge is 2.07. The van der Waals surface area contributed by atoms with Crippen LogP contribution < -0.4 is 11.1 Å². The molecule has 0 aliphatic heterocycles. The molecule has 25 heavy (non-hydrogen) atoms. The minimum Gasteiger partial charge on any atom is -0.397 e. The lowest BCUT2D eigenvalue weighted by Gasteiger charge is -2.06. The predicted octanol–water partition coefficient (Wildman–Crippen LogP) is 4.41. The molecule has 0 heterocycles. The predicted molar refractivity (Wildman–Crippen MR) is 98.9 cm³/mol. The summed E-state index contributed by atoms with van der Waals surface area (Å²) in [6.07, 6.45) is 1.67. The zero-order valence-corrected chi connectivity index (χ0v) is 13.3. The van der Waals surface area contributed by atoms with Crippen molar-refractivity contribution in [1.82, 2.24) is 0 Å². The number of anilines is 2. The maximum atomic E-state index is 13.2. The Morgan fingerprint density at radius 3 is 2.60 bits per heavy atom. The molecule has 1 amide bonds. The number of nitrogen functional groups attached to an aromatic ring is 1. The van der Waals surface area contributed by atoms with Crippen LogP contribution in [0.1, 0.15) is 15.9 Å². The van der Waals surface area contributed by atoms with Crippen molar-refractivity contribution in [3.8, 4) is 0 Å². The van der Waals surface area contributed by atoms with Crippen LogP contribution in [0.4, 0.5) is 21.5 Å². The normalized spacial score (nSPS) is 10.8. The Hall–Kier alpha value is -3.47. The lowest BCUT2D eigenvalue weighted by atomic mass is 10.2. The number of hydrogen-bond donors (Lipinski definition) is 2. The highest BCUT2D eigenvalue weighted by molar-refractivity contribution is 6.04. The summed E-state index contributed by atoms with van der Waals surface area (Å²) in [5, 5.41) is 2.74. The smallest absolute Gasteiger partial charge is 0.255 e. The molecule has 0 saturated carbocycles. The number of nitrogens with two attached hydrogens (primary N) is 1. The minimum absolute atomic E-state index is 0.260. The summed E-state index contributed by atoms with van der Waals surface area (Å²) in [5.41, 5.74) is 8.79. The highest BCUT2D eigenvalue weighted by atomic mass is 19.1. The van der Waals surface area contributed by atoms with Gasteiger partial charge >= 0.3 is 0 Å². The van der Waals surface area contributed by atoms with Crippen molar-refractivity contribution in [3.63, 3.8) is 0 Å². The first-order chi connectivity index (χ1) is 12.1. The summed E-state index contributed by atoms with van der Waals surface area (Å²) in [6.45, 7) is 0. The Labute approximate surface area is 144 Å². The van der Waals surface area contributed by atoms with Gasteiger partial charge in [-0.3, -0.25) is 9.79 Å². The van der Waals surface area contributed by atoms with E-state index in [1.165, 1.54) is 18.2 Å². The van der Waals surface area contributed by atoms with Crippen LogP contribution in [0.3, 0.4) is 0 Å². The molecule has 0 aliphatic carbocycles. The number of amides is 1. The van der Waals surface area contributed by atoms with Gasteiger partial charge in [-0.2, -0.15) is 0 Å². The van der Waals surface area contributed by atoms with Crippen molar-refractivity contribution in [3.05, 3.63) is 89.7 Å². The molecule has 0 fully saturated rings. The molecule has 3 N–H and O–H groups in total. The molecule has 0 spiro atoms. The lowest BCUT2D eigenvalue weighted by Crippen LogP contribution is -2.12. The van der Waals surface area contributed by atoms with E-state index in [0.717, 1.165) is 5.56 Å². The average molecular weight is 333 g/mol. The fourth-order valence-corrected chi connectivity index (χ4v) is 2.28. The van der Waals surface area contributed by atoms with E-state index in [-0.39, 0.29) is 11.5 Å². The van der Waals surface area contributed by atoms with Gasteiger partial charge in [0.25, 0.3) is 5.91 Å². The van der Waals surface area contributed by atoms with E-state index in [4.69, 9.17) is 5.73 Å². The SMILES string of the molecule is Nc1ccccc1N=Cc1cccc(NC(=O)c2cccc(F)c2)c1. The molecular formula is C20H16FN3O. The molecule has 124 valence electrons. The van der Waals surface area contributed by atoms with Gasteiger partial charge in [0.15, 0.2) is 0 Å². The molecule has 5 heteroatoms. The van der Waals surface area contributed by atoms with E-state index in [1.54, 1.807) is 36.5 Å². The molecule has 0 bridgehead atoms. The second kappa shape index (κ2) is 7.40. The van der Waals surface area contributed by atoms with E-state index in [1.807, 2.05) is 24.3 Å². The molecule has 0 aliphatic rings. The quantitative estimate of drug-likeness (QED) is 0.548. The third-order valence-electron chi connectivity index (χ3n) is 3.52. The molecular weight excluding hydrogens is 317 g/mol. The fourth-order valence-electron chi connectivity index (χ4n) is 2.28. The van der Waals surface area contributed by atoms with Gasteiger partial charge in [-0.15, -0.1) is 0 Å². The number of carbonyl (C=O) groups excluding carboxylic acids is 1. The number of nitrogens with zero attached hydrogens (tertiary/aromatic N) is 1. The van der Waals surface area contributed by atoms with Gasteiger partial charge in [0.2, 0.25) is 0 Å². The van der Waals surface area contributed by atoms with Crippen LogP contribution in [0, 0.1) is 5.82 Å². The van der Waals surface area contributed by atoms with Gasteiger partial charge in [0.1, 0.15) is 5.82 Å². The Morgan fingerprint density at radius 1 is 1.00 bits per heavy atom. The standard InChI is InChI=1S/C20H16FN3O/c21-16-7-4-6-15(12-16)20(25)24-17-8-3-5-14(11-17)13-23-19-10-2-1-9-18(19)22/h1-13H,22H2,(H,24,25). The van der Waals surface area contributed by atoms with Gasteiger partial charge in [-0.1, -0.05) is 30.3 Å². The van der Waals surface area contributed by atoms with Crippen molar-refractivity contribution in [2.45, 2.75) is 0 Å². The summed E-state index contributed by atoms with van der Waals surface area (Å²) >= 11 is 0. The second-order valence-corrected chi connectivity index (χ2v) is 5.41. The number of aliphatic imine (C=N–C) groups is 1. The minimum atomic E-state index is -0.450. The number of benzene rings is 3. The van der Waals surface area contributed by atoms with Crippen molar-refractivity contribution in [2.24, 2.45) is 4.99 Å². The maximum Gasteiger partial charge on any atom is 0.255 e. The highest BCUT2D eigenvalue weighted by Crippen LogP contribution is 2.20. The van der Waals surface area contributed by atoms with Gasteiger partial charge in [-0.25, -0.2) is 4.39 Å². The Morgan fingerprint density at radius 2 is 1.80 bits per heavy atom. The van der Waals surface area contributed by atoms with Crippen molar-refractivity contribution in [1.29, 1.82) is 0 Å². The van der Waals surface area contributed by atoms with Crippen LogP contribution in [0.5, 0.6) is 0 Å². The van der Waals surface area contributed by atoms with Crippen LogP contribution in [-0.2, 0) is 0 Å². The zero-order chi connectivity index (χ0) is 17.6. The first kappa shape index (κ1) is 16.4. The van der Waals surface area contributed by atoms with Crippen LogP contribution in [0.2, 0.25) is 0 Å². The first-order valence-corrected chi connectivity index (χ1v) is 7.67. The van der Waals surface area contributed by atoms with E-state index in [2.05, 4.69) is 10.3 Å².